The number of rotatable bonds is 3. The zero-order valence-electron chi connectivity index (χ0n) is 15.4. The van der Waals surface area contributed by atoms with Gasteiger partial charge in [0.15, 0.2) is 0 Å². The lowest BCUT2D eigenvalue weighted by molar-refractivity contribution is -0.137. The number of nitrogens with one attached hydrogen (secondary N) is 1. The number of hydrogen-bond acceptors (Lipinski definition) is 5. The van der Waals surface area contributed by atoms with Crippen molar-refractivity contribution in [3.05, 3.63) is 46.8 Å². The van der Waals surface area contributed by atoms with E-state index in [9.17, 15) is 26.4 Å². The van der Waals surface area contributed by atoms with Crippen LogP contribution in [0.15, 0.2) is 29.2 Å². The Morgan fingerprint density at radius 2 is 1.82 bits per heavy atom. The number of nitrogens with zero attached hydrogens (tertiary/aromatic N) is 3. The van der Waals surface area contributed by atoms with Crippen LogP contribution in [0, 0.1) is 11.3 Å². The predicted molar refractivity (Wildman–Crippen MR) is 92.7 cm³/mol. The number of benzene rings is 1. The van der Waals surface area contributed by atoms with Gasteiger partial charge < -0.3 is 0 Å². The summed E-state index contributed by atoms with van der Waals surface area (Å²) in [6.45, 7) is 5.55. The highest BCUT2D eigenvalue weighted by molar-refractivity contribution is 7.90. The Kier molecular flexibility index (Phi) is 5.31. The molecule has 0 aliphatic heterocycles. The number of aromatic nitrogens is 2. The van der Waals surface area contributed by atoms with Crippen LogP contribution < -0.4 is 4.72 Å². The summed E-state index contributed by atoms with van der Waals surface area (Å²) in [6, 6.07) is 4.65. The second kappa shape index (κ2) is 6.94. The third kappa shape index (κ3) is 4.33. The van der Waals surface area contributed by atoms with Crippen LogP contribution in [0.3, 0.4) is 0 Å². The summed E-state index contributed by atoms with van der Waals surface area (Å²) in [6.07, 6.45) is -4.93. The van der Waals surface area contributed by atoms with Gasteiger partial charge in [-0.1, -0.05) is 20.8 Å². The molecular weight excluding hydrogens is 397 g/mol. The fourth-order valence-corrected chi connectivity index (χ4v) is 3.29. The van der Waals surface area contributed by atoms with E-state index in [-0.39, 0.29) is 5.69 Å². The van der Waals surface area contributed by atoms with Crippen molar-refractivity contribution < 1.29 is 26.4 Å². The van der Waals surface area contributed by atoms with Crippen LogP contribution >= 0.6 is 0 Å². The minimum Gasteiger partial charge on any atom is -0.266 e. The van der Waals surface area contributed by atoms with Crippen LogP contribution in [0.1, 0.15) is 48.1 Å². The van der Waals surface area contributed by atoms with E-state index in [1.165, 1.54) is 23.9 Å². The third-order valence-electron chi connectivity index (χ3n) is 3.84. The summed E-state index contributed by atoms with van der Waals surface area (Å²) in [5.41, 5.74) is -2.06. The maximum atomic E-state index is 13.1. The first-order chi connectivity index (χ1) is 12.7. The van der Waals surface area contributed by atoms with E-state index in [4.69, 9.17) is 5.26 Å². The molecule has 0 fully saturated rings. The number of carbonyl (C=O) groups excluding carboxylic acids is 1. The van der Waals surface area contributed by atoms with Crippen LogP contribution in [-0.4, -0.2) is 24.1 Å². The van der Waals surface area contributed by atoms with E-state index in [2.05, 4.69) is 5.10 Å². The van der Waals surface area contributed by atoms with Crippen LogP contribution in [0.5, 0.6) is 0 Å². The summed E-state index contributed by atoms with van der Waals surface area (Å²) in [5.74, 6) is -1.04. The van der Waals surface area contributed by atoms with Gasteiger partial charge in [-0.25, -0.2) is 13.1 Å². The Bertz CT molecular complexity index is 1070. The molecule has 2 rings (SSSR count). The lowest BCUT2D eigenvalue weighted by Crippen LogP contribution is -2.32. The third-order valence-corrected chi connectivity index (χ3v) is 5.16. The maximum absolute atomic E-state index is 13.1. The highest BCUT2D eigenvalue weighted by Crippen LogP contribution is 2.33. The summed E-state index contributed by atoms with van der Waals surface area (Å²) < 4.78 is 66.9. The number of hydrogen-bond donors (Lipinski definition) is 1. The second-order valence-electron chi connectivity index (χ2n) is 7.04. The van der Waals surface area contributed by atoms with E-state index in [0.717, 1.165) is 12.1 Å². The average molecular weight is 414 g/mol. The van der Waals surface area contributed by atoms with Crippen molar-refractivity contribution in [1.29, 1.82) is 5.26 Å². The molecule has 150 valence electrons. The summed E-state index contributed by atoms with van der Waals surface area (Å²) >= 11 is 0. The van der Waals surface area contributed by atoms with Gasteiger partial charge in [-0.05, 0) is 24.3 Å². The normalized spacial score (nSPS) is 12.5. The Labute approximate surface area is 159 Å². The van der Waals surface area contributed by atoms with Gasteiger partial charge in [-0.3, -0.25) is 9.48 Å². The topological polar surface area (TPSA) is 105 Å². The van der Waals surface area contributed by atoms with Crippen LogP contribution in [0.25, 0.3) is 0 Å². The zero-order valence-corrected chi connectivity index (χ0v) is 16.2. The fraction of sp³-hybridized carbons (Fsp3) is 0.353. The van der Waals surface area contributed by atoms with Crippen LogP contribution in [0.2, 0.25) is 0 Å². The maximum Gasteiger partial charge on any atom is 0.417 e. The predicted octanol–water partition coefficient (Wildman–Crippen LogP) is 2.73. The number of nitriles is 1. The number of aryl methyl sites for hydroxylation is 1. The molecule has 0 radical (unpaired) electrons. The second-order valence-corrected chi connectivity index (χ2v) is 8.72. The average Bonchev–Trinajstić information content (AvgIpc) is 2.95. The summed E-state index contributed by atoms with van der Waals surface area (Å²) in [4.78, 5) is 11.6. The van der Waals surface area contributed by atoms with Gasteiger partial charge >= 0.3 is 6.18 Å². The van der Waals surface area contributed by atoms with Crippen molar-refractivity contribution in [1.82, 2.24) is 14.5 Å². The molecule has 0 aliphatic carbocycles. The highest BCUT2D eigenvalue weighted by atomic mass is 32.2. The Balaban J connectivity index is 2.41. The molecule has 1 amide bonds. The number of alkyl halides is 3. The SMILES string of the molecule is Cn1nc(C(C)(C)C)cc1C(=O)NS(=O)(=O)c1ccc(C#N)c(C(F)(F)F)c1. The number of halogens is 3. The minimum absolute atomic E-state index is 0.0711. The molecule has 1 N–H and O–H groups in total. The van der Waals surface area contributed by atoms with Gasteiger partial charge in [0, 0.05) is 12.5 Å². The molecule has 0 saturated carbocycles. The van der Waals surface area contributed by atoms with Crippen molar-refractivity contribution in [3.8, 4) is 6.07 Å². The molecule has 0 unspecified atom stereocenters. The van der Waals surface area contributed by atoms with E-state index in [1.54, 1.807) is 4.72 Å². The monoisotopic (exact) mass is 414 g/mol. The summed E-state index contributed by atoms with van der Waals surface area (Å²) in [7, 11) is -3.16. The van der Waals surface area contributed by atoms with Gasteiger partial charge in [0.05, 0.1) is 27.8 Å². The van der Waals surface area contributed by atoms with Crippen molar-refractivity contribution in [2.45, 2.75) is 37.3 Å². The van der Waals surface area contributed by atoms with Crippen molar-refractivity contribution in [2.24, 2.45) is 7.05 Å². The number of amides is 1. The van der Waals surface area contributed by atoms with Crippen molar-refractivity contribution >= 4 is 15.9 Å². The van der Waals surface area contributed by atoms with Crippen molar-refractivity contribution in [3.63, 3.8) is 0 Å². The Morgan fingerprint density at radius 3 is 2.29 bits per heavy atom. The molecule has 0 bridgehead atoms. The molecule has 1 heterocycles. The fourth-order valence-electron chi connectivity index (χ4n) is 2.30. The van der Waals surface area contributed by atoms with Gasteiger partial charge in [0.25, 0.3) is 15.9 Å². The lowest BCUT2D eigenvalue weighted by Gasteiger charge is -2.13. The van der Waals surface area contributed by atoms with Gasteiger partial charge in [0.2, 0.25) is 0 Å². The lowest BCUT2D eigenvalue weighted by atomic mass is 9.92. The Morgan fingerprint density at radius 1 is 1.21 bits per heavy atom. The van der Waals surface area contributed by atoms with Crippen LogP contribution in [-0.2, 0) is 28.7 Å². The van der Waals surface area contributed by atoms with Crippen LogP contribution in [0.4, 0.5) is 13.2 Å². The van der Waals surface area contributed by atoms with E-state index >= 15 is 0 Å². The van der Waals surface area contributed by atoms with Gasteiger partial charge in [-0.2, -0.15) is 23.5 Å². The van der Waals surface area contributed by atoms with Crippen molar-refractivity contribution in [2.75, 3.05) is 0 Å². The quantitative estimate of drug-likeness (QED) is 0.832. The molecule has 11 heteroatoms. The van der Waals surface area contributed by atoms with E-state index < -0.39 is 43.5 Å². The number of sulfonamides is 1. The largest absolute Gasteiger partial charge is 0.417 e. The number of carbonyl (C=O) groups is 1. The molecule has 0 atom stereocenters. The molecule has 28 heavy (non-hydrogen) atoms. The molecule has 7 nitrogen and oxygen atoms in total. The Hall–Kier alpha value is -2.87. The summed E-state index contributed by atoms with van der Waals surface area (Å²) in [5, 5.41) is 12.9. The van der Waals surface area contributed by atoms with E-state index in [0.29, 0.717) is 11.8 Å². The molecule has 0 aliphatic rings. The first-order valence-electron chi connectivity index (χ1n) is 7.90. The molecule has 1 aromatic carbocycles. The van der Waals surface area contributed by atoms with Gasteiger partial charge in [0.1, 0.15) is 5.69 Å². The highest BCUT2D eigenvalue weighted by Gasteiger charge is 2.35. The molecular formula is C17H17F3N4O3S. The molecule has 2 aromatic rings. The zero-order chi connectivity index (χ0) is 21.5. The molecule has 0 spiro atoms. The van der Waals surface area contributed by atoms with E-state index in [1.807, 2.05) is 20.8 Å². The first-order valence-corrected chi connectivity index (χ1v) is 9.38. The first kappa shape index (κ1) is 21.4. The standard InChI is InChI=1S/C17H17F3N4O3S/c1-16(2,3)14-8-13(24(4)22-14)15(25)23-28(26,27)11-6-5-10(9-21)12(7-11)17(18,19)20/h5-8H,1-4H3,(H,23,25). The minimum atomic E-state index is -4.93. The van der Waals surface area contributed by atoms with Gasteiger partial charge in [-0.15, -0.1) is 0 Å². The molecule has 0 saturated heterocycles. The smallest absolute Gasteiger partial charge is 0.266 e. The molecule has 1 aromatic heterocycles.